The van der Waals surface area contributed by atoms with Crippen LogP contribution in [0.4, 0.5) is 0 Å². The number of hydrogen-bond acceptors (Lipinski definition) is 2. The highest BCUT2D eigenvalue weighted by Gasteiger charge is 2.29. The Labute approximate surface area is 166 Å². The van der Waals surface area contributed by atoms with Crippen molar-refractivity contribution in [3.8, 4) is 0 Å². The smallest absolute Gasteiger partial charge is 0.243 e. The van der Waals surface area contributed by atoms with E-state index >= 15 is 0 Å². The van der Waals surface area contributed by atoms with Gasteiger partial charge in [-0.1, -0.05) is 61.0 Å². The Morgan fingerprint density at radius 2 is 1.63 bits per heavy atom. The molecule has 0 spiro atoms. The van der Waals surface area contributed by atoms with Gasteiger partial charge in [-0.2, -0.15) is 0 Å². The van der Waals surface area contributed by atoms with Gasteiger partial charge in [0, 0.05) is 30.5 Å². The Kier molecular flexibility index (Phi) is 7.86. The minimum absolute atomic E-state index is 0.00452. The fourth-order valence-corrected chi connectivity index (χ4v) is 3.05. The second kappa shape index (κ2) is 10.1. The minimum atomic E-state index is -0.571. The first-order chi connectivity index (χ1) is 12.9. The third-order valence-corrected chi connectivity index (χ3v) is 4.52. The third kappa shape index (κ3) is 6.40. The molecule has 27 heavy (non-hydrogen) atoms. The summed E-state index contributed by atoms with van der Waals surface area (Å²) in [6.07, 6.45) is 0.812. The van der Waals surface area contributed by atoms with Crippen LogP contribution in [0, 0.1) is 0 Å². The van der Waals surface area contributed by atoms with E-state index in [-0.39, 0.29) is 17.9 Å². The van der Waals surface area contributed by atoms with Crippen LogP contribution >= 0.6 is 11.6 Å². The highest BCUT2D eigenvalue weighted by molar-refractivity contribution is 6.30. The summed E-state index contributed by atoms with van der Waals surface area (Å²) in [6, 6.07) is 16.6. The van der Waals surface area contributed by atoms with Gasteiger partial charge in [0.05, 0.1) is 0 Å². The minimum Gasteiger partial charge on any atom is -0.352 e. The van der Waals surface area contributed by atoms with Crippen molar-refractivity contribution in [3.05, 3.63) is 70.7 Å². The Morgan fingerprint density at radius 3 is 2.19 bits per heavy atom. The number of carbonyl (C=O) groups is 2. The number of nitrogens with one attached hydrogen (secondary N) is 1. The zero-order chi connectivity index (χ0) is 19.8. The molecule has 2 aromatic carbocycles. The fraction of sp³-hybridized carbons (Fsp3) is 0.364. The largest absolute Gasteiger partial charge is 0.352 e. The molecule has 2 amide bonds. The van der Waals surface area contributed by atoms with E-state index in [4.69, 9.17) is 11.6 Å². The normalized spacial score (nSPS) is 11.9. The number of amides is 2. The van der Waals surface area contributed by atoms with Crippen molar-refractivity contribution < 1.29 is 9.59 Å². The second-order valence-corrected chi connectivity index (χ2v) is 7.31. The van der Waals surface area contributed by atoms with Crippen LogP contribution in [0.3, 0.4) is 0 Å². The van der Waals surface area contributed by atoms with Gasteiger partial charge in [-0.05, 0) is 37.1 Å². The van der Waals surface area contributed by atoms with E-state index in [1.165, 1.54) is 0 Å². The lowest BCUT2D eigenvalue weighted by molar-refractivity contribution is -0.141. The van der Waals surface area contributed by atoms with Crippen molar-refractivity contribution in [2.45, 2.75) is 52.2 Å². The first-order valence-electron chi connectivity index (χ1n) is 9.29. The molecule has 0 aliphatic rings. The van der Waals surface area contributed by atoms with Gasteiger partial charge < -0.3 is 10.2 Å². The van der Waals surface area contributed by atoms with Gasteiger partial charge in [-0.15, -0.1) is 0 Å². The molecule has 4 nitrogen and oxygen atoms in total. The van der Waals surface area contributed by atoms with Gasteiger partial charge in [0.15, 0.2) is 0 Å². The van der Waals surface area contributed by atoms with Crippen LogP contribution in [-0.2, 0) is 22.6 Å². The molecule has 0 radical (unpaired) electrons. The average molecular weight is 387 g/mol. The fourth-order valence-electron chi connectivity index (χ4n) is 2.92. The Morgan fingerprint density at radius 1 is 1.00 bits per heavy atom. The molecule has 0 aromatic heterocycles. The average Bonchev–Trinajstić information content (AvgIpc) is 2.65. The summed E-state index contributed by atoms with van der Waals surface area (Å²) < 4.78 is 0. The third-order valence-electron chi connectivity index (χ3n) is 4.27. The number of carbonyl (C=O) groups excluding carboxylic acids is 2. The van der Waals surface area contributed by atoms with Gasteiger partial charge in [-0.25, -0.2) is 0 Å². The molecule has 2 aromatic rings. The van der Waals surface area contributed by atoms with Crippen LogP contribution in [0.5, 0.6) is 0 Å². The summed E-state index contributed by atoms with van der Waals surface area (Å²) in [7, 11) is 0. The van der Waals surface area contributed by atoms with Crippen LogP contribution in [0.25, 0.3) is 0 Å². The lowest BCUT2D eigenvalue weighted by Gasteiger charge is -2.32. The molecule has 0 fully saturated rings. The van der Waals surface area contributed by atoms with Gasteiger partial charge >= 0.3 is 0 Å². The van der Waals surface area contributed by atoms with Crippen molar-refractivity contribution in [2.75, 3.05) is 0 Å². The summed E-state index contributed by atoms with van der Waals surface area (Å²) in [4.78, 5) is 27.3. The SMILES string of the molecule is CCC(=O)N(Cc1ccc(Cl)cc1)[C@@H](Cc1ccccc1)C(=O)NC(C)C. The molecule has 0 saturated carbocycles. The maximum absolute atomic E-state index is 12.9. The molecule has 1 atom stereocenters. The molecule has 0 heterocycles. The summed E-state index contributed by atoms with van der Waals surface area (Å²) >= 11 is 5.97. The second-order valence-electron chi connectivity index (χ2n) is 6.87. The number of hydrogen-bond donors (Lipinski definition) is 1. The van der Waals surface area contributed by atoms with Crippen LogP contribution in [0.15, 0.2) is 54.6 Å². The summed E-state index contributed by atoms with van der Waals surface area (Å²) in [5.74, 6) is -0.186. The van der Waals surface area contributed by atoms with E-state index in [0.717, 1.165) is 11.1 Å². The van der Waals surface area contributed by atoms with E-state index in [0.29, 0.717) is 24.4 Å². The Bertz CT molecular complexity index is 745. The van der Waals surface area contributed by atoms with E-state index in [9.17, 15) is 9.59 Å². The van der Waals surface area contributed by atoms with Crippen molar-refractivity contribution in [3.63, 3.8) is 0 Å². The zero-order valence-corrected chi connectivity index (χ0v) is 16.9. The molecular formula is C22H27ClN2O2. The summed E-state index contributed by atoms with van der Waals surface area (Å²) in [6.45, 7) is 6.02. The lowest BCUT2D eigenvalue weighted by Crippen LogP contribution is -2.51. The predicted molar refractivity (Wildman–Crippen MR) is 110 cm³/mol. The Hall–Kier alpha value is -2.33. The topological polar surface area (TPSA) is 49.4 Å². The van der Waals surface area contributed by atoms with E-state index in [2.05, 4.69) is 5.32 Å². The van der Waals surface area contributed by atoms with Gasteiger partial charge in [0.1, 0.15) is 6.04 Å². The number of rotatable bonds is 8. The van der Waals surface area contributed by atoms with Gasteiger partial charge in [0.25, 0.3) is 0 Å². The predicted octanol–water partition coefficient (Wildman–Crippen LogP) is 4.21. The molecule has 0 saturated heterocycles. The van der Waals surface area contributed by atoms with E-state index in [1.807, 2.05) is 63.2 Å². The van der Waals surface area contributed by atoms with E-state index in [1.54, 1.807) is 17.0 Å². The van der Waals surface area contributed by atoms with Crippen molar-refractivity contribution in [1.29, 1.82) is 0 Å². The monoisotopic (exact) mass is 386 g/mol. The first-order valence-corrected chi connectivity index (χ1v) is 9.66. The quantitative estimate of drug-likeness (QED) is 0.738. The van der Waals surface area contributed by atoms with Crippen molar-refractivity contribution >= 4 is 23.4 Å². The lowest BCUT2D eigenvalue weighted by atomic mass is 10.0. The number of benzene rings is 2. The standard InChI is InChI=1S/C22H27ClN2O2/c1-4-21(26)25(15-18-10-12-19(23)13-11-18)20(22(27)24-16(2)3)14-17-8-6-5-7-9-17/h5-13,16,20H,4,14-15H2,1-3H3,(H,24,27)/t20-/m0/s1. The van der Waals surface area contributed by atoms with Crippen LogP contribution in [0.1, 0.15) is 38.3 Å². The number of nitrogens with zero attached hydrogens (tertiary/aromatic N) is 1. The van der Waals surface area contributed by atoms with Gasteiger partial charge in [-0.3, -0.25) is 9.59 Å². The molecule has 0 bridgehead atoms. The maximum Gasteiger partial charge on any atom is 0.243 e. The van der Waals surface area contributed by atoms with Crippen LogP contribution in [-0.4, -0.2) is 28.8 Å². The highest BCUT2D eigenvalue weighted by atomic mass is 35.5. The van der Waals surface area contributed by atoms with Gasteiger partial charge in [0.2, 0.25) is 11.8 Å². The van der Waals surface area contributed by atoms with Crippen molar-refractivity contribution in [1.82, 2.24) is 10.2 Å². The zero-order valence-electron chi connectivity index (χ0n) is 16.1. The molecular weight excluding hydrogens is 360 g/mol. The molecule has 0 unspecified atom stereocenters. The van der Waals surface area contributed by atoms with Crippen LogP contribution < -0.4 is 5.32 Å². The van der Waals surface area contributed by atoms with Crippen LogP contribution in [0.2, 0.25) is 5.02 Å². The molecule has 2 rings (SSSR count). The molecule has 1 N–H and O–H groups in total. The highest BCUT2D eigenvalue weighted by Crippen LogP contribution is 2.17. The molecule has 0 aliphatic heterocycles. The molecule has 144 valence electrons. The molecule has 0 aliphatic carbocycles. The number of halogens is 1. The first kappa shape index (κ1) is 21.0. The summed E-state index contributed by atoms with van der Waals surface area (Å²) in [5.41, 5.74) is 1.96. The van der Waals surface area contributed by atoms with E-state index < -0.39 is 6.04 Å². The Balaban J connectivity index is 2.33. The van der Waals surface area contributed by atoms with Crippen molar-refractivity contribution in [2.24, 2.45) is 0 Å². The molecule has 5 heteroatoms. The maximum atomic E-state index is 12.9. The summed E-state index contributed by atoms with van der Waals surface area (Å²) in [5, 5.41) is 3.61.